The van der Waals surface area contributed by atoms with E-state index in [1.54, 1.807) is 0 Å². The highest BCUT2D eigenvalue weighted by Gasteiger charge is 2.28. The quantitative estimate of drug-likeness (QED) is 0.644. The monoisotopic (exact) mass is 453 g/mol. The molecule has 180 valence electrons. The van der Waals surface area contributed by atoms with Crippen LogP contribution in [0.2, 0.25) is 0 Å². The molecule has 1 aromatic heterocycles. The summed E-state index contributed by atoms with van der Waals surface area (Å²) >= 11 is 0. The average Bonchev–Trinajstić information content (AvgIpc) is 3.01. The van der Waals surface area contributed by atoms with Gasteiger partial charge in [-0.1, -0.05) is 6.07 Å². The van der Waals surface area contributed by atoms with Gasteiger partial charge in [0, 0.05) is 69.7 Å². The van der Waals surface area contributed by atoms with Gasteiger partial charge in [0.1, 0.15) is 12.4 Å². The van der Waals surface area contributed by atoms with E-state index in [0.717, 1.165) is 70.9 Å². The van der Waals surface area contributed by atoms with Crippen LogP contribution in [0.25, 0.3) is 0 Å². The molecule has 0 spiro atoms. The molecule has 1 amide bonds. The maximum absolute atomic E-state index is 12.9. The first-order chi connectivity index (χ1) is 16.0. The van der Waals surface area contributed by atoms with Crippen molar-refractivity contribution in [3.8, 4) is 5.75 Å². The number of carbonyl (C=O) groups is 1. The highest BCUT2D eigenvalue weighted by Crippen LogP contribution is 2.27. The Bertz CT molecular complexity index is 952. The Balaban J connectivity index is 1.41. The molecule has 0 aliphatic carbocycles. The first-order valence-corrected chi connectivity index (χ1v) is 12.4. The minimum absolute atomic E-state index is 0.126. The molecule has 1 fully saturated rings. The lowest BCUT2D eigenvalue weighted by molar-refractivity contribution is -0.137. The van der Waals surface area contributed by atoms with Crippen LogP contribution in [0, 0.1) is 12.8 Å². The van der Waals surface area contributed by atoms with Gasteiger partial charge in [0.2, 0.25) is 5.91 Å². The molecule has 1 atom stereocenters. The Kier molecular flexibility index (Phi) is 7.71. The van der Waals surface area contributed by atoms with Crippen molar-refractivity contribution < 1.29 is 9.53 Å². The number of benzene rings is 1. The minimum Gasteiger partial charge on any atom is -0.492 e. The van der Waals surface area contributed by atoms with Gasteiger partial charge < -0.3 is 9.64 Å². The third-order valence-electron chi connectivity index (χ3n) is 7.25. The number of likely N-dealkylation sites (tertiary alicyclic amines) is 1. The Morgan fingerprint density at radius 3 is 2.73 bits per heavy atom. The lowest BCUT2D eigenvalue weighted by Gasteiger charge is -2.34. The van der Waals surface area contributed by atoms with Crippen LogP contribution in [0.1, 0.15) is 49.1 Å². The van der Waals surface area contributed by atoms with Crippen molar-refractivity contribution in [1.82, 2.24) is 24.5 Å². The van der Waals surface area contributed by atoms with Crippen molar-refractivity contribution in [2.45, 2.75) is 53.2 Å². The smallest absolute Gasteiger partial charge is 0.226 e. The normalized spacial score (nSPS) is 19.6. The fraction of sp³-hybridized carbons (Fsp3) is 0.615. The number of piperidine rings is 1. The molecule has 2 aliphatic heterocycles. The molecule has 1 saturated heterocycles. The second-order valence-corrected chi connectivity index (χ2v) is 9.46. The number of fused-ring (bicyclic) bond motifs is 1. The van der Waals surface area contributed by atoms with Crippen LogP contribution in [0.5, 0.6) is 5.75 Å². The summed E-state index contributed by atoms with van der Waals surface area (Å²) in [6, 6.07) is 6.63. The van der Waals surface area contributed by atoms with E-state index in [1.165, 1.54) is 22.4 Å². The van der Waals surface area contributed by atoms with E-state index >= 15 is 0 Å². The zero-order valence-corrected chi connectivity index (χ0v) is 20.7. The summed E-state index contributed by atoms with van der Waals surface area (Å²) in [6.07, 6.45) is 4.07. The second-order valence-electron chi connectivity index (χ2n) is 9.46. The first-order valence-electron chi connectivity index (χ1n) is 12.4. The predicted molar refractivity (Wildman–Crippen MR) is 130 cm³/mol. The summed E-state index contributed by atoms with van der Waals surface area (Å²) in [5.41, 5.74) is 5.04. The maximum atomic E-state index is 12.9. The van der Waals surface area contributed by atoms with Crippen LogP contribution in [-0.2, 0) is 31.5 Å². The predicted octanol–water partition coefficient (Wildman–Crippen LogP) is 3.20. The van der Waals surface area contributed by atoms with Crippen molar-refractivity contribution in [3.63, 3.8) is 0 Å². The average molecular weight is 454 g/mol. The third-order valence-corrected chi connectivity index (χ3v) is 7.25. The molecule has 3 heterocycles. The van der Waals surface area contributed by atoms with Crippen LogP contribution >= 0.6 is 0 Å². The number of hydrogen-bond donors (Lipinski definition) is 0. The van der Waals surface area contributed by atoms with Gasteiger partial charge in [-0.05, 0) is 57.9 Å². The number of ether oxygens (including phenoxy) is 1. The number of hydrogen-bond acceptors (Lipinski definition) is 5. The lowest BCUT2D eigenvalue weighted by Crippen LogP contribution is -2.44. The number of rotatable bonds is 7. The second kappa shape index (κ2) is 10.7. The SMILES string of the molecule is CCN(CC)C(=O)C1CCCN(Cc2ccc3c(c2)CN(Cc2cnn(C)c2C)CCO3)C1. The Hall–Kier alpha value is -2.38. The summed E-state index contributed by atoms with van der Waals surface area (Å²) in [7, 11) is 1.99. The van der Waals surface area contributed by atoms with E-state index < -0.39 is 0 Å². The van der Waals surface area contributed by atoms with Crippen LogP contribution in [0.4, 0.5) is 0 Å². The largest absolute Gasteiger partial charge is 0.492 e. The molecule has 0 bridgehead atoms. The topological polar surface area (TPSA) is 53.8 Å². The third kappa shape index (κ3) is 5.58. The highest BCUT2D eigenvalue weighted by molar-refractivity contribution is 5.79. The molecule has 1 unspecified atom stereocenters. The number of nitrogens with zero attached hydrogens (tertiary/aromatic N) is 5. The van der Waals surface area contributed by atoms with Gasteiger partial charge in [-0.3, -0.25) is 19.3 Å². The summed E-state index contributed by atoms with van der Waals surface area (Å²) in [5, 5.41) is 4.39. The van der Waals surface area contributed by atoms with Gasteiger partial charge in [-0.2, -0.15) is 5.10 Å². The molecule has 1 aromatic carbocycles. The van der Waals surface area contributed by atoms with Crippen LogP contribution < -0.4 is 4.74 Å². The van der Waals surface area contributed by atoms with Crippen molar-refractivity contribution in [1.29, 1.82) is 0 Å². The summed E-state index contributed by atoms with van der Waals surface area (Å²) in [4.78, 5) is 19.7. The van der Waals surface area contributed by atoms with E-state index in [9.17, 15) is 4.79 Å². The Morgan fingerprint density at radius 1 is 1.18 bits per heavy atom. The zero-order chi connectivity index (χ0) is 23.4. The van der Waals surface area contributed by atoms with Gasteiger partial charge in [0.25, 0.3) is 0 Å². The number of amides is 1. The maximum Gasteiger partial charge on any atom is 0.226 e. The van der Waals surface area contributed by atoms with Crippen LogP contribution in [0.3, 0.4) is 0 Å². The van der Waals surface area contributed by atoms with Crippen molar-refractivity contribution in [2.75, 3.05) is 39.3 Å². The molecule has 7 heteroatoms. The van der Waals surface area contributed by atoms with Gasteiger partial charge >= 0.3 is 0 Å². The fourth-order valence-corrected chi connectivity index (χ4v) is 5.13. The summed E-state index contributed by atoms with van der Waals surface area (Å²) < 4.78 is 8.01. The van der Waals surface area contributed by atoms with E-state index in [0.29, 0.717) is 12.5 Å². The standard InChI is InChI=1S/C26H39N5O2/c1-5-31(6-2)26(32)22-8-7-11-29(17-22)16-21-9-10-25-23(14-21)18-30(12-13-33-25)19-24-15-27-28(4)20(24)3/h9-10,14-15,22H,5-8,11-13,16-19H2,1-4H3. The van der Waals surface area contributed by atoms with Gasteiger partial charge in [-0.15, -0.1) is 0 Å². The molecule has 0 radical (unpaired) electrons. The minimum atomic E-state index is 0.126. The van der Waals surface area contributed by atoms with E-state index in [2.05, 4.69) is 53.9 Å². The Morgan fingerprint density at radius 2 is 2.00 bits per heavy atom. The number of carbonyl (C=O) groups excluding carboxylic acids is 1. The summed E-state index contributed by atoms with van der Waals surface area (Å²) in [6.45, 7) is 14.0. The molecule has 2 aliphatic rings. The molecule has 4 rings (SSSR count). The molecule has 7 nitrogen and oxygen atoms in total. The molecule has 0 N–H and O–H groups in total. The van der Waals surface area contributed by atoms with Gasteiger partial charge in [0.15, 0.2) is 0 Å². The summed E-state index contributed by atoms with van der Waals surface area (Å²) in [5.74, 6) is 1.44. The van der Waals surface area contributed by atoms with E-state index in [-0.39, 0.29) is 5.92 Å². The number of aromatic nitrogens is 2. The van der Waals surface area contributed by atoms with Gasteiger partial charge in [-0.25, -0.2) is 0 Å². The van der Waals surface area contributed by atoms with Crippen LogP contribution in [0.15, 0.2) is 24.4 Å². The number of aryl methyl sites for hydroxylation is 1. The molecule has 33 heavy (non-hydrogen) atoms. The van der Waals surface area contributed by atoms with Crippen molar-refractivity contribution in [3.05, 3.63) is 46.8 Å². The molecular weight excluding hydrogens is 414 g/mol. The lowest BCUT2D eigenvalue weighted by atomic mass is 9.95. The molecular formula is C26H39N5O2. The Labute approximate surface area is 198 Å². The van der Waals surface area contributed by atoms with Gasteiger partial charge in [0.05, 0.1) is 12.1 Å². The van der Waals surface area contributed by atoms with Crippen molar-refractivity contribution in [2.24, 2.45) is 13.0 Å². The van der Waals surface area contributed by atoms with E-state index in [1.807, 2.05) is 22.8 Å². The first kappa shape index (κ1) is 23.8. The zero-order valence-electron chi connectivity index (χ0n) is 20.7. The highest BCUT2D eigenvalue weighted by atomic mass is 16.5. The molecule has 0 saturated carbocycles. The fourth-order valence-electron chi connectivity index (χ4n) is 5.13. The molecule has 2 aromatic rings. The van der Waals surface area contributed by atoms with Crippen molar-refractivity contribution >= 4 is 5.91 Å². The van der Waals surface area contributed by atoms with Crippen LogP contribution in [-0.4, -0.2) is 69.7 Å². The van der Waals surface area contributed by atoms with E-state index in [4.69, 9.17) is 4.74 Å².